The number of hydrogen-bond donors (Lipinski definition) is 1. The lowest BCUT2D eigenvalue weighted by Gasteiger charge is -2.33. The van der Waals surface area contributed by atoms with Gasteiger partial charge in [-0.25, -0.2) is 4.39 Å². The summed E-state index contributed by atoms with van der Waals surface area (Å²) in [5, 5.41) is 3.42. The smallest absolute Gasteiger partial charge is 0.103 e. The minimum Gasteiger partial charge on any atom is -0.313 e. The summed E-state index contributed by atoms with van der Waals surface area (Å²) in [7, 11) is 2.02. The summed E-state index contributed by atoms with van der Waals surface area (Å²) >= 11 is 0. The van der Waals surface area contributed by atoms with E-state index in [4.69, 9.17) is 0 Å². The van der Waals surface area contributed by atoms with E-state index in [9.17, 15) is 4.39 Å². The van der Waals surface area contributed by atoms with E-state index in [0.717, 1.165) is 19.6 Å². The second-order valence-electron chi connectivity index (χ2n) is 5.63. The van der Waals surface area contributed by atoms with Gasteiger partial charge in [-0.05, 0) is 31.4 Å². The Kier molecular flexibility index (Phi) is 5.34. The lowest BCUT2D eigenvalue weighted by atomic mass is 9.93. The van der Waals surface area contributed by atoms with Gasteiger partial charge in [-0.1, -0.05) is 37.3 Å². The van der Waals surface area contributed by atoms with Crippen LogP contribution >= 0.6 is 0 Å². The quantitative estimate of drug-likeness (QED) is 0.879. The molecule has 0 saturated carbocycles. The molecule has 1 aliphatic rings. The summed E-state index contributed by atoms with van der Waals surface area (Å²) in [4.78, 5) is 2.40. The highest BCUT2D eigenvalue weighted by molar-refractivity contribution is 5.19. The van der Waals surface area contributed by atoms with Crippen LogP contribution in [0.15, 0.2) is 30.3 Å². The minimum atomic E-state index is -0.583. The molecule has 2 nitrogen and oxygen atoms in total. The number of benzene rings is 1. The number of rotatable bonds is 5. The van der Waals surface area contributed by atoms with Crippen molar-refractivity contribution in [1.29, 1.82) is 0 Å². The average molecular weight is 264 g/mol. The second kappa shape index (κ2) is 7.01. The van der Waals surface area contributed by atoms with E-state index in [2.05, 4.69) is 41.4 Å². The van der Waals surface area contributed by atoms with E-state index >= 15 is 0 Å². The zero-order valence-electron chi connectivity index (χ0n) is 12.0. The molecule has 1 saturated heterocycles. The number of hydrogen-bond acceptors (Lipinski definition) is 2. The van der Waals surface area contributed by atoms with Gasteiger partial charge in [-0.2, -0.15) is 0 Å². The molecular weight excluding hydrogens is 239 g/mol. The first kappa shape index (κ1) is 14.5. The van der Waals surface area contributed by atoms with Crippen LogP contribution in [-0.4, -0.2) is 37.8 Å². The highest BCUT2D eigenvalue weighted by atomic mass is 19.1. The first-order valence-electron chi connectivity index (χ1n) is 7.29. The topological polar surface area (TPSA) is 15.3 Å². The van der Waals surface area contributed by atoms with E-state index in [1.54, 1.807) is 0 Å². The third kappa shape index (κ3) is 4.02. The van der Waals surface area contributed by atoms with Crippen LogP contribution in [0.3, 0.4) is 0 Å². The van der Waals surface area contributed by atoms with Crippen molar-refractivity contribution in [2.45, 2.75) is 32.0 Å². The molecule has 2 rings (SSSR count). The molecule has 3 heteroatoms. The van der Waals surface area contributed by atoms with Crippen LogP contribution in [0.2, 0.25) is 0 Å². The van der Waals surface area contributed by atoms with Gasteiger partial charge in [-0.15, -0.1) is 0 Å². The summed E-state index contributed by atoms with van der Waals surface area (Å²) in [5.74, 6) is 0.517. The Bertz CT molecular complexity index is 360. The molecule has 1 heterocycles. The van der Waals surface area contributed by atoms with Crippen LogP contribution in [0, 0.1) is 5.92 Å². The number of halogens is 1. The number of likely N-dealkylation sites (tertiary alicyclic amines) is 1. The van der Waals surface area contributed by atoms with E-state index in [-0.39, 0.29) is 0 Å². The van der Waals surface area contributed by atoms with Crippen molar-refractivity contribution >= 4 is 0 Å². The summed E-state index contributed by atoms with van der Waals surface area (Å²) < 4.78 is 13.1. The van der Waals surface area contributed by atoms with Gasteiger partial charge in [0, 0.05) is 25.7 Å². The first-order chi connectivity index (χ1) is 9.20. The molecule has 0 unspecified atom stereocenters. The molecule has 106 valence electrons. The van der Waals surface area contributed by atoms with Crippen LogP contribution in [-0.2, 0) is 0 Å². The van der Waals surface area contributed by atoms with Crippen molar-refractivity contribution in [2.75, 3.05) is 26.7 Å². The number of nitrogens with one attached hydrogen (secondary N) is 1. The molecule has 1 aromatic rings. The second-order valence-corrected chi connectivity index (χ2v) is 5.63. The van der Waals surface area contributed by atoms with Gasteiger partial charge in [0.2, 0.25) is 0 Å². The maximum Gasteiger partial charge on any atom is 0.103 e. The Labute approximate surface area is 116 Å². The molecule has 0 amide bonds. The van der Waals surface area contributed by atoms with Crippen molar-refractivity contribution in [3.05, 3.63) is 35.9 Å². The van der Waals surface area contributed by atoms with E-state index in [1.807, 2.05) is 13.1 Å². The fraction of sp³-hybridized carbons (Fsp3) is 0.625. The molecule has 0 spiro atoms. The van der Waals surface area contributed by atoms with Gasteiger partial charge in [0.1, 0.15) is 6.17 Å². The van der Waals surface area contributed by atoms with E-state index in [0.29, 0.717) is 24.8 Å². The van der Waals surface area contributed by atoms with Crippen molar-refractivity contribution in [3.63, 3.8) is 0 Å². The fourth-order valence-corrected chi connectivity index (χ4v) is 3.04. The minimum absolute atomic E-state index is 0.365. The first-order valence-corrected chi connectivity index (χ1v) is 7.29. The molecule has 19 heavy (non-hydrogen) atoms. The van der Waals surface area contributed by atoms with Crippen molar-refractivity contribution in [2.24, 2.45) is 5.92 Å². The molecule has 0 aromatic heterocycles. The predicted molar refractivity (Wildman–Crippen MR) is 78.0 cm³/mol. The molecule has 0 aliphatic carbocycles. The Morgan fingerprint density at radius 3 is 2.47 bits per heavy atom. The van der Waals surface area contributed by atoms with Gasteiger partial charge in [0.25, 0.3) is 0 Å². The van der Waals surface area contributed by atoms with Gasteiger partial charge in [-0.3, -0.25) is 0 Å². The molecule has 1 aliphatic heterocycles. The maximum absolute atomic E-state index is 13.1. The van der Waals surface area contributed by atoms with E-state index in [1.165, 1.54) is 5.56 Å². The lowest BCUT2D eigenvalue weighted by Crippen LogP contribution is -2.40. The predicted octanol–water partition coefficient (Wildman–Crippen LogP) is 3.02. The van der Waals surface area contributed by atoms with Crippen molar-refractivity contribution < 1.29 is 4.39 Å². The lowest BCUT2D eigenvalue weighted by molar-refractivity contribution is 0.129. The Balaban J connectivity index is 1.92. The third-order valence-electron chi connectivity index (χ3n) is 4.10. The van der Waals surface area contributed by atoms with Crippen LogP contribution < -0.4 is 5.32 Å². The highest BCUT2D eigenvalue weighted by Gasteiger charge is 2.23. The zero-order chi connectivity index (χ0) is 13.7. The number of alkyl halides is 1. The average Bonchev–Trinajstić information content (AvgIpc) is 2.43. The Morgan fingerprint density at radius 2 is 1.89 bits per heavy atom. The SMILES string of the molecule is CN[C@@H](c1ccccc1)[C@@H](C)CN1CCC(F)CC1. The molecule has 1 fully saturated rings. The zero-order valence-corrected chi connectivity index (χ0v) is 12.0. The normalized spacial score (nSPS) is 21.2. The van der Waals surface area contributed by atoms with Crippen LogP contribution in [0.25, 0.3) is 0 Å². The summed E-state index contributed by atoms with van der Waals surface area (Å²) in [6.45, 7) is 5.11. The summed E-state index contributed by atoms with van der Waals surface area (Å²) in [6.07, 6.45) is 0.811. The third-order valence-corrected chi connectivity index (χ3v) is 4.10. The Morgan fingerprint density at radius 1 is 1.26 bits per heavy atom. The molecule has 2 atom stereocenters. The largest absolute Gasteiger partial charge is 0.313 e. The van der Waals surface area contributed by atoms with Crippen molar-refractivity contribution in [1.82, 2.24) is 10.2 Å². The molecule has 0 radical (unpaired) electrons. The summed E-state index contributed by atoms with van der Waals surface area (Å²) in [5.41, 5.74) is 1.33. The van der Waals surface area contributed by atoms with E-state index < -0.39 is 6.17 Å². The summed E-state index contributed by atoms with van der Waals surface area (Å²) in [6, 6.07) is 10.9. The molecular formula is C16H25FN2. The highest BCUT2D eigenvalue weighted by Crippen LogP contribution is 2.23. The van der Waals surface area contributed by atoms with Gasteiger partial charge < -0.3 is 10.2 Å². The monoisotopic (exact) mass is 264 g/mol. The van der Waals surface area contributed by atoms with Crippen LogP contribution in [0.5, 0.6) is 0 Å². The Hall–Kier alpha value is -0.930. The molecule has 0 bridgehead atoms. The van der Waals surface area contributed by atoms with Crippen molar-refractivity contribution in [3.8, 4) is 0 Å². The fourth-order valence-electron chi connectivity index (χ4n) is 3.04. The standard InChI is InChI=1S/C16H25FN2/c1-13(12-19-10-8-15(17)9-11-19)16(18-2)14-6-4-3-5-7-14/h3-7,13,15-16,18H,8-12H2,1-2H3/t13-,16+/m0/s1. The molecule has 1 N–H and O–H groups in total. The maximum atomic E-state index is 13.1. The van der Waals surface area contributed by atoms with Gasteiger partial charge in [0.15, 0.2) is 0 Å². The van der Waals surface area contributed by atoms with Crippen LogP contribution in [0.1, 0.15) is 31.4 Å². The van der Waals surface area contributed by atoms with Crippen LogP contribution in [0.4, 0.5) is 4.39 Å². The van der Waals surface area contributed by atoms with Gasteiger partial charge >= 0.3 is 0 Å². The number of piperidine rings is 1. The molecule has 1 aromatic carbocycles. The number of nitrogens with zero attached hydrogens (tertiary/aromatic N) is 1. The van der Waals surface area contributed by atoms with Gasteiger partial charge in [0.05, 0.1) is 0 Å².